The van der Waals surface area contributed by atoms with Crippen molar-refractivity contribution in [2.24, 2.45) is 40.9 Å². The Balaban J connectivity index is 2.21. The zero-order valence-corrected chi connectivity index (χ0v) is 16.3. The van der Waals surface area contributed by atoms with E-state index >= 15 is 0 Å². The Morgan fingerprint density at radius 3 is 1.30 bits per heavy atom. The van der Waals surface area contributed by atoms with Crippen molar-refractivity contribution in [3.8, 4) is 0 Å². The first-order valence-corrected chi connectivity index (χ1v) is 10.1. The van der Waals surface area contributed by atoms with E-state index in [1.807, 2.05) is 0 Å². The van der Waals surface area contributed by atoms with E-state index in [4.69, 9.17) is 0 Å². The summed E-state index contributed by atoms with van der Waals surface area (Å²) in [6.07, 6.45) is 6.96. The Kier molecular flexibility index (Phi) is 6.22. The highest BCUT2D eigenvalue weighted by molar-refractivity contribution is 4.97. The minimum atomic E-state index is -0.122. The fourth-order valence-electron chi connectivity index (χ4n) is 6.02. The summed E-state index contributed by atoms with van der Waals surface area (Å²) < 4.78 is 0. The Bertz CT molecular complexity index is 326. The first kappa shape index (κ1) is 19.2. The molecule has 0 radical (unpaired) electrons. The van der Waals surface area contributed by atoms with Crippen LogP contribution in [0.2, 0.25) is 0 Å². The predicted molar refractivity (Wildman–Crippen MR) is 97.1 cm³/mol. The van der Waals surface area contributed by atoms with E-state index in [9.17, 15) is 10.2 Å². The maximum atomic E-state index is 10.4. The molecule has 23 heavy (non-hydrogen) atoms. The molecule has 0 aromatic carbocycles. The van der Waals surface area contributed by atoms with Crippen LogP contribution >= 0.6 is 0 Å². The third-order valence-electron chi connectivity index (χ3n) is 7.61. The van der Waals surface area contributed by atoms with Gasteiger partial charge in [0, 0.05) is 0 Å². The molecule has 0 aromatic heterocycles. The number of aliphatic hydroxyl groups is 2. The van der Waals surface area contributed by atoms with E-state index in [1.54, 1.807) is 0 Å². The van der Waals surface area contributed by atoms with Crippen molar-refractivity contribution in [3.05, 3.63) is 0 Å². The minimum absolute atomic E-state index is 0.122. The zero-order valence-electron chi connectivity index (χ0n) is 16.3. The molecule has 2 nitrogen and oxygen atoms in total. The smallest absolute Gasteiger partial charge is 0.0591 e. The van der Waals surface area contributed by atoms with Crippen LogP contribution in [0.3, 0.4) is 0 Å². The average molecular weight is 325 g/mol. The minimum Gasteiger partial charge on any atom is -0.393 e. The Labute approximate surface area is 144 Å². The van der Waals surface area contributed by atoms with Gasteiger partial charge >= 0.3 is 0 Å². The maximum absolute atomic E-state index is 10.4. The molecular weight excluding hydrogens is 284 g/mol. The lowest BCUT2D eigenvalue weighted by Gasteiger charge is -2.52. The van der Waals surface area contributed by atoms with Gasteiger partial charge < -0.3 is 10.2 Å². The van der Waals surface area contributed by atoms with Crippen LogP contribution in [0, 0.1) is 40.9 Å². The fourth-order valence-corrected chi connectivity index (χ4v) is 6.02. The van der Waals surface area contributed by atoms with Crippen LogP contribution in [0.15, 0.2) is 0 Å². The molecule has 136 valence electrons. The van der Waals surface area contributed by atoms with Gasteiger partial charge in [-0.05, 0) is 73.0 Å². The van der Waals surface area contributed by atoms with Crippen LogP contribution in [-0.4, -0.2) is 22.4 Å². The summed E-state index contributed by atoms with van der Waals surface area (Å²) in [6.45, 7) is 13.8. The normalized spacial score (nSPS) is 48.0. The molecule has 0 spiro atoms. The maximum Gasteiger partial charge on any atom is 0.0591 e. The first-order chi connectivity index (χ1) is 10.7. The van der Waals surface area contributed by atoms with Gasteiger partial charge in [0.15, 0.2) is 0 Å². The largest absolute Gasteiger partial charge is 0.393 e. The van der Waals surface area contributed by atoms with Gasteiger partial charge in [0.05, 0.1) is 12.2 Å². The number of hydrogen-bond acceptors (Lipinski definition) is 2. The highest BCUT2D eigenvalue weighted by Gasteiger charge is 2.48. The summed E-state index contributed by atoms with van der Waals surface area (Å²) in [4.78, 5) is 0. The summed E-state index contributed by atoms with van der Waals surface area (Å²) in [5, 5.41) is 20.7. The van der Waals surface area contributed by atoms with Crippen molar-refractivity contribution in [2.75, 3.05) is 0 Å². The Hall–Kier alpha value is -0.0800. The summed E-state index contributed by atoms with van der Waals surface area (Å²) in [6, 6.07) is 0. The van der Waals surface area contributed by atoms with Crippen molar-refractivity contribution >= 4 is 0 Å². The number of hydrogen-bond donors (Lipinski definition) is 2. The third kappa shape index (κ3) is 3.79. The third-order valence-corrected chi connectivity index (χ3v) is 7.61. The topological polar surface area (TPSA) is 40.5 Å². The quantitative estimate of drug-likeness (QED) is 0.774. The lowest BCUT2D eigenvalue weighted by molar-refractivity contribution is -0.0785. The van der Waals surface area contributed by atoms with Gasteiger partial charge in [-0.3, -0.25) is 0 Å². The van der Waals surface area contributed by atoms with Crippen molar-refractivity contribution in [2.45, 2.75) is 92.3 Å². The van der Waals surface area contributed by atoms with Gasteiger partial charge in [0.25, 0.3) is 0 Å². The van der Waals surface area contributed by atoms with Gasteiger partial charge in [0.2, 0.25) is 0 Å². The van der Waals surface area contributed by atoms with Gasteiger partial charge in [-0.25, -0.2) is 0 Å². The number of rotatable bonds is 4. The van der Waals surface area contributed by atoms with Gasteiger partial charge in [-0.15, -0.1) is 0 Å². The molecule has 0 amide bonds. The summed E-state index contributed by atoms with van der Waals surface area (Å²) in [5.41, 5.74) is 0.361. The molecule has 2 aliphatic rings. The lowest BCUT2D eigenvalue weighted by Crippen LogP contribution is -2.47. The summed E-state index contributed by atoms with van der Waals surface area (Å²) in [5.74, 6) is 3.12. The van der Waals surface area contributed by atoms with Crippen LogP contribution < -0.4 is 0 Å². The number of aliphatic hydroxyl groups excluding tert-OH is 2. The van der Waals surface area contributed by atoms with Crippen LogP contribution in [0.4, 0.5) is 0 Å². The molecule has 0 bridgehead atoms. The van der Waals surface area contributed by atoms with Crippen molar-refractivity contribution in [1.29, 1.82) is 0 Å². The van der Waals surface area contributed by atoms with Crippen LogP contribution in [0.5, 0.6) is 0 Å². The molecule has 0 aromatic rings. The molecule has 2 heteroatoms. The fraction of sp³-hybridized carbons (Fsp3) is 1.00. The molecule has 0 heterocycles. The SMILES string of the molecule is CCCC(C)(C1CC(C)C(O)C(C)C1)C1CC(C)C(O)C(C)C1. The summed E-state index contributed by atoms with van der Waals surface area (Å²) in [7, 11) is 0. The molecule has 4 atom stereocenters. The zero-order chi connectivity index (χ0) is 17.4. The molecule has 2 saturated carbocycles. The van der Waals surface area contributed by atoms with E-state index in [0.717, 1.165) is 11.8 Å². The van der Waals surface area contributed by atoms with Crippen molar-refractivity contribution in [3.63, 3.8) is 0 Å². The standard InChI is InChI=1S/C21H40O2/c1-7-8-21(6,17-9-13(2)19(22)14(3)10-17)18-11-15(4)20(23)16(5)12-18/h13-20,22-23H,7-12H2,1-6H3. The van der Waals surface area contributed by atoms with Gasteiger partial charge in [-0.2, -0.15) is 0 Å². The van der Waals surface area contributed by atoms with E-state index in [1.165, 1.54) is 38.5 Å². The molecule has 2 N–H and O–H groups in total. The highest BCUT2D eigenvalue weighted by Crippen LogP contribution is 2.54. The van der Waals surface area contributed by atoms with Crippen LogP contribution in [0.1, 0.15) is 80.1 Å². The molecule has 0 aliphatic heterocycles. The molecule has 4 unspecified atom stereocenters. The van der Waals surface area contributed by atoms with Gasteiger partial charge in [-0.1, -0.05) is 48.0 Å². The second-order valence-electron chi connectivity index (χ2n) is 9.48. The monoisotopic (exact) mass is 324 g/mol. The highest BCUT2D eigenvalue weighted by atomic mass is 16.3. The predicted octanol–water partition coefficient (Wildman–Crippen LogP) is 4.88. The molecule has 2 rings (SSSR count). The van der Waals surface area contributed by atoms with E-state index < -0.39 is 0 Å². The average Bonchev–Trinajstić information content (AvgIpc) is 2.49. The lowest BCUT2D eigenvalue weighted by atomic mass is 9.53. The van der Waals surface area contributed by atoms with E-state index in [2.05, 4.69) is 41.5 Å². The second-order valence-corrected chi connectivity index (χ2v) is 9.48. The van der Waals surface area contributed by atoms with Crippen LogP contribution in [0.25, 0.3) is 0 Å². The molecule has 2 fully saturated rings. The summed E-state index contributed by atoms with van der Waals surface area (Å²) >= 11 is 0. The first-order valence-electron chi connectivity index (χ1n) is 10.1. The Morgan fingerprint density at radius 2 is 1.04 bits per heavy atom. The van der Waals surface area contributed by atoms with E-state index in [0.29, 0.717) is 29.1 Å². The molecule has 2 aliphatic carbocycles. The molecule has 0 saturated heterocycles. The van der Waals surface area contributed by atoms with Crippen LogP contribution in [-0.2, 0) is 0 Å². The van der Waals surface area contributed by atoms with E-state index in [-0.39, 0.29) is 12.2 Å². The van der Waals surface area contributed by atoms with Gasteiger partial charge in [0.1, 0.15) is 0 Å². The second kappa shape index (κ2) is 7.44. The Morgan fingerprint density at radius 1 is 0.739 bits per heavy atom. The van der Waals surface area contributed by atoms with Crippen molar-refractivity contribution < 1.29 is 10.2 Å². The molecular formula is C21H40O2. The van der Waals surface area contributed by atoms with Crippen molar-refractivity contribution in [1.82, 2.24) is 0 Å².